The van der Waals surface area contributed by atoms with Gasteiger partial charge in [-0.1, -0.05) is 36.4 Å². The molecule has 0 spiro atoms. The van der Waals surface area contributed by atoms with Gasteiger partial charge in [0.15, 0.2) is 0 Å². The molecule has 0 unspecified atom stereocenters. The maximum atomic E-state index is 4.38. The summed E-state index contributed by atoms with van der Waals surface area (Å²) in [6.45, 7) is 5.58. The van der Waals surface area contributed by atoms with E-state index < -0.39 is 0 Å². The van der Waals surface area contributed by atoms with Gasteiger partial charge in [0.1, 0.15) is 0 Å². The quantitative estimate of drug-likeness (QED) is 0.737. The topological polar surface area (TPSA) is 31.9 Å². The Labute approximate surface area is 148 Å². The van der Waals surface area contributed by atoms with Crippen molar-refractivity contribution >= 4 is 23.1 Å². The number of hydrogen-bond donors (Lipinski definition) is 1. The Morgan fingerprint density at radius 1 is 1.12 bits per heavy atom. The molecule has 3 aliphatic rings. The first-order valence-electron chi connectivity index (χ1n) is 9.24. The van der Waals surface area contributed by atoms with E-state index >= 15 is 0 Å². The molecule has 3 aromatic rings. The Balaban J connectivity index is 1.58. The van der Waals surface area contributed by atoms with Crippen molar-refractivity contribution in [3.63, 3.8) is 0 Å². The molecule has 25 heavy (non-hydrogen) atoms. The van der Waals surface area contributed by atoms with Crippen molar-refractivity contribution in [2.75, 3.05) is 13.1 Å². The number of benzene rings is 1. The van der Waals surface area contributed by atoms with Crippen LogP contribution in [0.1, 0.15) is 46.8 Å². The van der Waals surface area contributed by atoms with Gasteiger partial charge in [-0.3, -0.25) is 9.88 Å². The molecule has 0 aliphatic carbocycles. The van der Waals surface area contributed by atoms with Gasteiger partial charge < -0.3 is 4.98 Å². The Kier molecular flexibility index (Phi) is 3.49. The van der Waals surface area contributed by atoms with E-state index in [1.54, 1.807) is 5.56 Å². The Morgan fingerprint density at radius 2 is 2.00 bits per heavy atom. The number of rotatable bonds is 2. The zero-order chi connectivity index (χ0) is 16.8. The Morgan fingerprint density at radius 3 is 2.80 bits per heavy atom. The van der Waals surface area contributed by atoms with E-state index in [9.17, 15) is 0 Å². The summed E-state index contributed by atoms with van der Waals surface area (Å²) in [6.07, 6.45) is 8.90. The van der Waals surface area contributed by atoms with Crippen molar-refractivity contribution in [1.29, 1.82) is 0 Å². The van der Waals surface area contributed by atoms with Crippen LogP contribution in [0, 0.1) is 6.92 Å². The molecule has 2 aromatic heterocycles. The van der Waals surface area contributed by atoms with Crippen LogP contribution in [-0.4, -0.2) is 28.0 Å². The zero-order valence-corrected chi connectivity index (χ0v) is 14.6. The fraction of sp³-hybridized carbons (Fsp3) is 0.318. The molecule has 3 nitrogen and oxygen atoms in total. The number of nitrogens with zero attached hydrogens (tertiary/aromatic N) is 2. The Hall–Kier alpha value is -2.39. The molecule has 2 bridgehead atoms. The fourth-order valence-electron chi connectivity index (χ4n) is 4.41. The van der Waals surface area contributed by atoms with E-state index in [-0.39, 0.29) is 0 Å². The number of aromatic nitrogens is 2. The second kappa shape index (κ2) is 5.85. The second-order valence-electron chi connectivity index (χ2n) is 7.40. The molecule has 3 heteroatoms. The van der Waals surface area contributed by atoms with Gasteiger partial charge in [-0.2, -0.15) is 0 Å². The van der Waals surface area contributed by atoms with E-state index in [1.807, 2.05) is 13.1 Å². The number of para-hydroxylation sites is 1. The summed E-state index contributed by atoms with van der Waals surface area (Å²) in [5.74, 6) is 0.725. The van der Waals surface area contributed by atoms with Gasteiger partial charge in [0, 0.05) is 29.5 Å². The molecule has 0 saturated carbocycles. The highest BCUT2D eigenvalue weighted by atomic mass is 15.1. The van der Waals surface area contributed by atoms with Crippen molar-refractivity contribution in [2.45, 2.75) is 32.2 Å². The first-order chi connectivity index (χ1) is 12.3. The molecular weight excluding hydrogens is 306 g/mol. The third-order valence-electron chi connectivity index (χ3n) is 5.75. The van der Waals surface area contributed by atoms with Gasteiger partial charge in [0.25, 0.3) is 0 Å². The van der Waals surface area contributed by atoms with E-state index in [2.05, 4.69) is 57.4 Å². The lowest BCUT2D eigenvalue weighted by molar-refractivity contribution is 0.219. The average molecular weight is 329 g/mol. The minimum absolute atomic E-state index is 0.725. The van der Waals surface area contributed by atoms with Gasteiger partial charge in [-0.25, -0.2) is 0 Å². The molecule has 1 fully saturated rings. The number of fused-ring (bicyclic) bond motifs is 3. The van der Waals surface area contributed by atoms with Crippen molar-refractivity contribution < 1.29 is 0 Å². The molecule has 1 saturated heterocycles. The minimum Gasteiger partial charge on any atom is -0.357 e. The zero-order valence-electron chi connectivity index (χ0n) is 14.6. The molecule has 0 amide bonds. The standard InChI is InChI=1S/C22H23N3/c1-15-5-6-16(13-23-15)7-8-18-3-2-4-19-21-17-9-11-25(12-10-17)14-20(21)24-22(18)19/h2-8,13,17,24H,9-12,14H2,1H3. The van der Waals surface area contributed by atoms with Crippen molar-refractivity contribution in [1.82, 2.24) is 14.9 Å². The van der Waals surface area contributed by atoms with E-state index in [0.717, 1.165) is 23.7 Å². The lowest BCUT2D eigenvalue weighted by atomic mass is 9.89. The van der Waals surface area contributed by atoms with Crippen LogP contribution >= 0.6 is 0 Å². The number of pyridine rings is 1. The first-order valence-corrected chi connectivity index (χ1v) is 9.24. The monoisotopic (exact) mass is 329 g/mol. The number of H-pyrrole nitrogens is 1. The Bertz CT molecular complexity index is 941. The third-order valence-corrected chi connectivity index (χ3v) is 5.75. The summed E-state index contributed by atoms with van der Waals surface area (Å²) in [5.41, 5.74) is 7.77. The summed E-state index contributed by atoms with van der Waals surface area (Å²) in [5, 5.41) is 1.42. The largest absolute Gasteiger partial charge is 0.357 e. The summed E-state index contributed by atoms with van der Waals surface area (Å²) in [6, 6.07) is 10.9. The number of hydrogen-bond acceptors (Lipinski definition) is 2. The highest BCUT2D eigenvalue weighted by Gasteiger charge is 2.30. The van der Waals surface area contributed by atoms with Crippen LogP contribution in [0.25, 0.3) is 23.1 Å². The second-order valence-corrected chi connectivity index (χ2v) is 7.40. The fourth-order valence-corrected chi connectivity index (χ4v) is 4.41. The van der Waals surface area contributed by atoms with Gasteiger partial charge in [-0.15, -0.1) is 0 Å². The van der Waals surface area contributed by atoms with Crippen molar-refractivity contribution in [3.8, 4) is 0 Å². The van der Waals surface area contributed by atoms with Crippen molar-refractivity contribution in [3.05, 3.63) is 64.6 Å². The maximum Gasteiger partial charge on any atom is 0.0533 e. The maximum absolute atomic E-state index is 4.38. The van der Waals surface area contributed by atoms with Gasteiger partial charge in [0.2, 0.25) is 0 Å². The molecule has 0 atom stereocenters. The summed E-state index contributed by atoms with van der Waals surface area (Å²) < 4.78 is 0. The smallest absolute Gasteiger partial charge is 0.0533 e. The number of piperidine rings is 1. The highest BCUT2D eigenvalue weighted by Crippen LogP contribution is 2.40. The van der Waals surface area contributed by atoms with Gasteiger partial charge >= 0.3 is 0 Å². The molecule has 5 heterocycles. The molecule has 1 N–H and O–H groups in total. The SMILES string of the molecule is Cc1ccc(C=Cc2cccc3c4c([nH]c23)CN2CCC4CC2)cn1. The molecule has 3 aliphatic heterocycles. The van der Waals surface area contributed by atoms with Crippen LogP contribution < -0.4 is 0 Å². The van der Waals surface area contributed by atoms with Crippen LogP contribution in [0.4, 0.5) is 0 Å². The summed E-state index contributed by atoms with van der Waals surface area (Å²) in [7, 11) is 0. The predicted octanol–water partition coefficient (Wildman–Crippen LogP) is 4.73. The van der Waals surface area contributed by atoms with Crippen LogP contribution in [0.2, 0.25) is 0 Å². The number of nitrogens with one attached hydrogen (secondary N) is 1. The summed E-state index contributed by atoms with van der Waals surface area (Å²) >= 11 is 0. The number of aromatic amines is 1. The first kappa shape index (κ1) is 14.9. The number of aryl methyl sites for hydroxylation is 1. The lowest BCUT2D eigenvalue weighted by Crippen LogP contribution is -2.29. The van der Waals surface area contributed by atoms with E-state index in [4.69, 9.17) is 0 Å². The molecule has 0 radical (unpaired) electrons. The van der Waals surface area contributed by atoms with Crippen LogP contribution in [0.15, 0.2) is 36.5 Å². The van der Waals surface area contributed by atoms with Crippen LogP contribution in [0.5, 0.6) is 0 Å². The van der Waals surface area contributed by atoms with Gasteiger partial charge in [-0.05, 0) is 61.5 Å². The minimum atomic E-state index is 0.725. The predicted molar refractivity (Wildman–Crippen MR) is 103 cm³/mol. The van der Waals surface area contributed by atoms with E-state index in [0.29, 0.717) is 0 Å². The molecular formula is C22H23N3. The lowest BCUT2D eigenvalue weighted by Gasteiger charge is -2.26. The van der Waals surface area contributed by atoms with Crippen molar-refractivity contribution in [2.24, 2.45) is 0 Å². The van der Waals surface area contributed by atoms with Gasteiger partial charge in [0.05, 0.1) is 5.52 Å². The molecule has 6 rings (SSSR count). The molecule has 126 valence electrons. The van der Waals surface area contributed by atoms with Crippen LogP contribution in [0.3, 0.4) is 0 Å². The highest BCUT2D eigenvalue weighted by molar-refractivity contribution is 5.94. The average Bonchev–Trinajstić information content (AvgIpc) is 2.81. The summed E-state index contributed by atoms with van der Waals surface area (Å²) in [4.78, 5) is 10.7. The third kappa shape index (κ3) is 2.59. The van der Waals surface area contributed by atoms with Crippen LogP contribution in [-0.2, 0) is 6.54 Å². The van der Waals surface area contributed by atoms with E-state index in [1.165, 1.54) is 48.1 Å². The normalized spacial score (nSPS) is 22.4. The molecule has 1 aromatic carbocycles.